The lowest BCUT2D eigenvalue weighted by Gasteiger charge is -2.20. The first-order valence-corrected chi connectivity index (χ1v) is 7.75. The minimum absolute atomic E-state index is 0.182. The number of rotatable bonds is 7. The van der Waals surface area contributed by atoms with Crippen molar-refractivity contribution in [3.05, 3.63) is 29.8 Å². The number of hydrogen-bond acceptors (Lipinski definition) is 3. The number of hydrogen-bond donors (Lipinski definition) is 2. The van der Waals surface area contributed by atoms with Crippen LogP contribution in [0.2, 0.25) is 0 Å². The molecule has 0 heterocycles. The zero-order chi connectivity index (χ0) is 13.0. The highest BCUT2D eigenvalue weighted by molar-refractivity contribution is 7.99. The summed E-state index contributed by atoms with van der Waals surface area (Å²) >= 11 is 1.90. The topological polar surface area (TPSA) is 32.3 Å². The van der Waals surface area contributed by atoms with Crippen molar-refractivity contribution in [1.82, 2.24) is 5.32 Å². The van der Waals surface area contributed by atoms with Crippen molar-refractivity contribution in [2.24, 2.45) is 5.41 Å². The van der Waals surface area contributed by atoms with E-state index in [2.05, 4.69) is 43.4 Å². The highest BCUT2D eigenvalue weighted by atomic mass is 32.2. The Hall–Kier alpha value is -0.510. The van der Waals surface area contributed by atoms with Gasteiger partial charge in [-0.05, 0) is 37.1 Å². The molecule has 0 saturated heterocycles. The average Bonchev–Trinajstić information content (AvgIpc) is 3.18. The molecule has 3 heteroatoms. The van der Waals surface area contributed by atoms with Gasteiger partial charge in [0.05, 0.1) is 0 Å². The molecule has 1 unspecified atom stereocenters. The third kappa shape index (κ3) is 3.28. The molecule has 1 aromatic carbocycles. The Balaban J connectivity index is 1.97. The maximum atomic E-state index is 9.33. The highest BCUT2D eigenvalue weighted by Crippen LogP contribution is 2.44. The van der Waals surface area contributed by atoms with Crippen LogP contribution in [0, 0.1) is 5.41 Å². The summed E-state index contributed by atoms with van der Waals surface area (Å²) in [7, 11) is 0. The van der Waals surface area contributed by atoms with Crippen LogP contribution in [0.4, 0.5) is 0 Å². The van der Waals surface area contributed by atoms with Crippen LogP contribution in [-0.4, -0.2) is 24.0 Å². The van der Waals surface area contributed by atoms with E-state index in [0.717, 1.165) is 25.1 Å². The fraction of sp³-hybridized carbons (Fsp3) is 0.600. The molecule has 1 atom stereocenters. The van der Waals surface area contributed by atoms with Gasteiger partial charge in [-0.15, -0.1) is 11.8 Å². The Bertz CT molecular complexity index is 390. The fourth-order valence-corrected chi connectivity index (χ4v) is 3.07. The largest absolute Gasteiger partial charge is 0.396 e. The molecule has 2 N–H and O–H groups in total. The van der Waals surface area contributed by atoms with Crippen molar-refractivity contribution in [3.8, 4) is 0 Å². The highest BCUT2D eigenvalue weighted by Gasteiger charge is 2.41. The monoisotopic (exact) mass is 265 g/mol. The lowest BCUT2D eigenvalue weighted by atomic mass is 10.1. The van der Waals surface area contributed by atoms with Crippen LogP contribution in [0.5, 0.6) is 0 Å². The smallest absolute Gasteiger partial charge is 0.0499 e. The second-order valence-electron chi connectivity index (χ2n) is 5.23. The molecule has 1 saturated carbocycles. The summed E-state index contributed by atoms with van der Waals surface area (Å²) in [6.45, 7) is 5.64. The van der Waals surface area contributed by atoms with Gasteiger partial charge in [-0.25, -0.2) is 0 Å². The zero-order valence-corrected chi connectivity index (χ0v) is 12.1. The SMILES string of the molecule is CCSc1ccccc1C(C)NCC1(CO)CC1. The molecule has 100 valence electrons. The van der Waals surface area contributed by atoms with Gasteiger partial charge in [-0.1, -0.05) is 25.1 Å². The van der Waals surface area contributed by atoms with Gasteiger partial charge >= 0.3 is 0 Å². The molecular weight excluding hydrogens is 242 g/mol. The minimum Gasteiger partial charge on any atom is -0.396 e. The Morgan fingerprint density at radius 1 is 1.39 bits per heavy atom. The van der Waals surface area contributed by atoms with Gasteiger partial charge in [0.25, 0.3) is 0 Å². The molecule has 0 bridgehead atoms. The first-order valence-electron chi connectivity index (χ1n) is 6.77. The Kier molecular flexibility index (Phi) is 4.71. The third-order valence-electron chi connectivity index (χ3n) is 3.76. The maximum Gasteiger partial charge on any atom is 0.0499 e. The van der Waals surface area contributed by atoms with Gasteiger partial charge in [0.2, 0.25) is 0 Å². The Morgan fingerprint density at radius 2 is 2.11 bits per heavy atom. The second-order valence-corrected chi connectivity index (χ2v) is 6.54. The Labute approximate surface area is 114 Å². The summed E-state index contributed by atoms with van der Waals surface area (Å²) < 4.78 is 0. The molecule has 0 spiro atoms. The number of nitrogens with one attached hydrogen (secondary N) is 1. The van der Waals surface area contributed by atoms with Crippen LogP contribution in [0.1, 0.15) is 38.3 Å². The van der Waals surface area contributed by atoms with E-state index in [1.165, 1.54) is 10.5 Å². The van der Waals surface area contributed by atoms with E-state index in [1.54, 1.807) is 0 Å². The summed E-state index contributed by atoms with van der Waals surface area (Å²) in [5.41, 5.74) is 1.55. The molecule has 0 radical (unpaired) electrons. The van der Waals surface area contributed by atoms with Crippen molar-refractivity contribution in [2.45, 2.75) is 37.6 Å². The molecule has 0 amide bonds. The van der Waals surface area contributed by atoms with E-state index >= 15 is 0 Å². The summed E-state index contributed by atoms with van der Waals surface area (Å²) in [5, 5.41) is 12.9. The first kappa shape index (κ1) is 13.9. The third-order valence-corrected chi connectivity index (χ3v) is 4.73. The molecule has 1 aromatic rings. The molecule has 18 heavy (non-hydrogen) atoms. The van der Waals surface area contributed by atoms with Crippen LogP contribution in [-0.2, 0) is 0 Å². The average molecular weight is 265 g/mol. The first-order chi connectivity index (χ1) is 8.71. The van der Waals surface area contributed by atoms with Crippen LogP contribution in [0.3, 0.4) is 0 Å². The molecule has 2 rings (SSSR count). The number of aliphatic hydroxyl groups excluding tert-OH is 1. The standard InChI is InChI=1S/C15H23NOS/c1-3-18-14-7-5-4-6-13(14)12(2)16-10-15(11-17)8-9-15/h4-7,12,16-17H,3,8-11H2,1-2H3. The maximum absolute atomic E-state index is 9.33. The Morgan fingerprint density at radius 3 is 2.72 bits per heavy atom. The lowest BCUT2D eigenvalue weighted by molar-refractivity contribution is 0.204. The van der Waals surface area contributed by atoms with Gasteiger partial charge in [0.15, 0.2) is 0 Å². The normalized spacial score (nSPS) is 18.6. The predicted molar refractivity (Wildman–Crippen MR) is 78.0 cm³/mol. The molecule has 0 aromatic heterocycles. The predicted octanol–water partition coefficient (Wildman–Crippen LogP) is 3.22. The van der Waals surface area contributed by atoms with Gasteiger partial charge in [-0.2, -0.15) is 0 Å². The summed E-state index contributed by atoms with van der Waals surface area (Å²) in [6.07, 6.45) is 2.32. The molecule has 2 nitrogen and oxygen atoms in total. The van der Waals surface area contributed by atoms with Gasteiger partial charge in [-0.3, -0.25) is 0 Å². The molecule has 1 aliphatic rings. The van der Waals surface area contributed by atoms with Crippen molar-refractivity contribution in [3.63, 3.8) is 0 Å². The number of thioether (sulfide) groups is 1. The number of benzene rings is 1. The second kappa shape index (κ2) is 6.09. The summed E-state index contributed by atoms with van der Waals surface area (Å²) in [5.74, 6) is 1.10. The lowest BCUT2D eigenvalue weighted by Crippen LogP contribution is -2.29. The van der Waals surface area contributed by atoms with Gasteiger partial charge < -0.3 is 10.4 Å². The van der Waals surface area contributed by atoms with Crippen LogP contribution >= 0.6 is 11.8 Å². The summed E-state index contributed by atoms with van der Waals surface area (Å²) in [4.78, 5) is 1.37. The molecular formula is C15H23NOS. The van der Waals surface area contributed by atoms with E-state index in [4.69, 9.17) is 0 Å². The zero-order valence-electron chi connectivity index (χ0n) is 11.3. The van der Waals surface area contributed by atoms with E-state index in [9.17, 15) is 5.11 Å². The van der Waals surface area contributed by atoms with Crippen LogP contribution in [0.15, 0.2) is 29.2 Å². The van der Waals surface area contributed by atoms with E-state index in [1.807, 2.05) is 11.8 Å². The fourth-order valence-electron chi connectivity index (χ4n) is 2.17. The minimum atomic E-state index is 0.182. The van der Waals surface area contributed by atoms with Gasteiger partial charge in [0.1, 0.15) is 0 Å². The van der Waals surface area contributed by atoms with Crippen molar-refractivity contribution in [1.29, 1.82) is 0 Å². The van der Waals surface area contributed by atoms with E-state index < -0.39 is 0 Å². The molecule has 1 aliphatic carbocycles. The van der Waals surface area contributed by atoms with Crippen molar-refractivity contribution >= 4 is 11.8 Å². The van der Waals surface area contributed by atoms with Crippen LogP contribution < -0.4 is 5.32 Å². The molecule has 0 aliphatic heterocycles. The number of aliphatic hydroxyl groups is 1. The van der Waals surface area contributed by atoms with Crippen molar-refractivity contribution in [2.75, 3.05) is 18.9 Å². The van der Waals surface area contributed by atoms with E-state index in [0.29, 0.717) is 12.6 Å². The molecule has 1 fully saturated rings. The van der Waals surface area contributed by atoms with Gasteiger partial charge in [0, 0.05) is 29.5 Å². The quantitative estimate of drug-likeness (QED) is 0.742. The van der Waals surface area contributed by atoms with Crippen LogP contribution in [0.25, 0.3) is 0 Å². The van der Waals surface area contributed by atoms with E-state index in [-0.39, 0.29) is 5.41 Å². The van der Waals surface area contributed by atoms with Crippen molar-refractivity contribution < 1.29 is 5.11 Å². The summed E-state index contributed by atoms with van der Waals surface area (Å²) in [6, 6.07) is 8.95.